The van der Waals surface area contributed by atoms with Gasteiger partial charge in [0.15, 0.2) is 16.1 Å². The van der Waals surface area contributed by atoms with Crippen molar-refractivity contribution in [3.8, 4) is 11.4 Å². The van der Waals surface area contributed by atoms with Crippen LogP contribution in [0.25, 0.3) is 11.4 Å². The average Bonchev–Trinajstić information content (AvgIpc) is 3.26. The summed E-state index contributed by atoms with van der Waals surface area (Å²) in [6.07, 6.45) is 1.66. The minimum absolute atomic E-state index is 0.0999. The van der Waals surface area contributed by atoms with E-state index in [1.54, 1.807) is 17.5 Å². The highest BCUT2D eigenvalue weighted by atomic mass is 32.2. The van der Waals surface area contributed by atoms with Gasteiger partial charge >= 0.3 is 0 Å². The average molecular weight is 380 g/mol. The van der Waals surface area contributed by atoms with Crippen molar-refractivity contribution < 1.29 is 4.79 Å². The van der Waals surface area contributed by atoms with Crippen molar-refractivity contribution in [1.82, 2.24) is 19.7 Å². The molecule has 0 spiro atoms. The molecule has 0 aliphatic heterocycles. The van der Waals surface area contributed by atoms with Gasteiger partial charge in [-0.25, -0.2) is 4.98 Å². The number of rotatable bonds is 6. The van der Waals surface area contributed by atoms with Gasteiger partial charge in [-0.3, -0.25) is 4.79 Å². The van der Waals surface area contributed by atoms with E-state index in [0.717, 1.165) is 16.5 Å². The Morgan fingerprint density at radius 3 is 2.88 bits per heavy atom. The van der Waals surface area contributed by atoms with Gasteiger partial charge in [0.05, 0.1) is 5.75 Å². The van der Waals surface area contributed by atoms with Crippen LogP contribution >= 0.6 is 34.4 Å². The summed E-state index contributed by atoms with van der Waals surface area (Å²) in [5.41, 5.74) is 1.07. The SMILES string of the molecule is CC(C)c1cc(-c2nnc(SCC(=O)Nc3nccs3)n2C)cs1. The smallest absolute Gasteiger partial charge is 0.236 e. The zero-order valence-corrected chi connectivity index (χ0v) is 16.0. The first-order chi connectivity index (χ1) is 11.5. The summed E-state index contributed by atoms with van der Waals surface area (Å²) in [7, 11) is 1.92. The number of amides is 1. The Balaban J connectivity index is 1.65. The van der Waals surface area contributed by atoms with Crippen molar-refractivity contribution in [3.05, 3.63) is 27.9 Å². The Hall–Kier alpha value is -1.71. The number of aromatic nitrogens is 4. The largest absolute Gasteiger partial charge is 0.305 e. The molecule has 0 aromatic carbocycles. The number of hydrogen-bond donors (Lipinski definition) is 1. The van der Waals surface area contributed by atoms with Gasteiger partial charge in [0.1, 0.15) is 0 Å². The Labute approximate surface area is 152 Å². The molecule has 0 saturated carbocycles. The standard InChI is InChI=1S/C15H17N5OS3/c1-9(2)11-6-10(7-23-11)13-18-19-15(20(13)3)24-8-12(21)17-14-16-4-5-22-14/h4-7,9H,8H2,1-3H3,(H,16,17,21). The maximum atomic E-state index is 11.9. The summed E-state index contributed by atoms with van der Waals surface area (Å²) in [5.74, 6) is 1.49. The number of thioether (sulfide) groups is 1. The molecule has 1 amide bonds. The topological polar surface area (TPSA) is 72.7 Å². The maximum Gasteiger partial charge on any atom is 0.236 e. The lowest BCUT2D eigenvalue weighted by molar-refractivity contribution is -0.113. The quantitative estimate of drug-likeness (QED) is 0.659. The van der Waals surface area contributed by atoms with E-state index >= 15 is 0 Å². The van der Waals surface area contributed by atoms with Crippen LogP contribution in [0, 0.1) is 0 Å². The Morgan fingerprint density at radius 2 is 2.21 bits per heavy atom. The first kappa shape index (κ1) is 17.1. The fraction of sp³-hybridized carbons (Fsp3) is 0.333. The molecule has 0 aliphatic rings. The molecular formula is C15H17N5OS3. The molecule has 1 N–H and O–H groups in total. The second-order valence-corrected chi connectivity index (χ2v) is 8.21. The normalized spacial score (nSPS) is 11.2. The van der Waals surface area contributed by atoms with Crippen LogP contribution in [-0.4, -0.2) is 31.4 Å². The molecule has 126 valence electrons. The van der Waals surface area contributed by atoms with Crippen molar-refractivity contribution in [2.75, 3.05) is 11.1 Å². The van der Waals surface area contributed by atoms with Gasteiger partial charge in [-0.2, -0.15) is 0 Å². The van der Waals surface area contributed by atoms with Crippen LogP contribution in [0.1, 0.15) is 24.6 Å². The lowest BCUT2D eigenvalue weighted by atomic mass is 10.1. The summed E-state index contributed by atoms with van der Waals surface area (Å²) < 4.78 is 1.92. The van der Waals surface area contributed by atoms with E-state index in [0.29, 0.717) is 11.0 Å². The molecule has 0 fully saturated rings. The Kier molecular flexibility index (Phi) is 5.32. The minimum atomic E-state index is -0.0999. The van der Waals surface area contributed by atoms with Crippen molar-refractivity contribution in [2.45, 2.75) is 24.9 Å². The number of anilines is 1. The van der Waals surface area contributed by atoms with Gasteiger partial charge in [0, 0.05) is 34.4 Å². The van der Waals surface area contributed by atoms with Crippen LogP contribution in [0.3, 0.4) is 0 Å². The predicted molar refractivity (Wildman–Crippen MR) is 99.9 cm³/mol. The molecule has 3 aromatic heterocycles. The second kappa shape index (κ2) is 7.45. The van der Waals surface area contributed by atoms with Crippen molar-refractivity contribution >= 4 is 45.5 Å². The van der Waals surface area contributed by atoms with Gasteiger partial charge < -0.3 is 9.88 Å². The van der Waals surface area contributed by atoms with Crippen molar-refractivity contribution in [3.63, 3.8) is 0 Å². The van der Waals surface area contributed by atoms with Gasteiger partial charge in [-0.05, 0) is 12.0 Å². The van der Waals surface area contributed by atoms with E-state index in [4.69, 9.17) is 0 Å². The third-order valence-corrected chi connectivity index (χ3v) is 6.23. The molecule has 24 heavy (non-hydrogen) atoms. The molecule has 3 rings (SSSR count). The number of hydrogen-bond acceptors (Lipinski definition) is 7. The number of carbonyl (C=O) groups is 1. The van der Waals surface area contributed by atoms with Crippen molar-refractivity contribution in [1.29, 1.82) is 0 Å². The van der Waals surface area contributed by atoms with Crippen LogP contribution in [-0.2, 0) is 11.8 Å². The lowest BCUT2D eigenvalue weighted by Gasteiger charge is -2.03. The summed E-state index contributed by atoms with van der Waals surface area (Å²) >= 11 is 4.49. The van der Waals surface area contributed by atoms with Crippen LogP contribution in [0.2, 0.25) is 0 Å². The summed E-state index contributed by atoms with van der Waals surface area (Å²) in [6.45, 7) is 4.35. The first-order valence-electron chi connectivity index (χ1n) is 7.35. The molecule has 0 radical (unpaired) electrons. The van der Waals surface area contributed by atoms with Gasteiger partial charge in [0.2, 0.25) is 5.91 Å². The lowest BCUT2D eigenvalue weighted by Crippen LogP contribution is -2.14. The number of thiophene rings is 1. The van der Waals surface area contributed by atoms with E-state index in [1.165, 1.54) is 28.0 Å². The summed E-state index contributed by atoms with van der Waals surface area (Å²) in [5, 5.41) is 16.5. The van der Waals surface area contributed by atoms with E-state index in [1.807, 2.05) is 17.0 Å². The van der Waals surface area contributed by atoms with Crippen LogP contribution in [0.5, 0.6) is 0 Å². The fourth-order valence-corrected chi connectivity index (χ4v) is 4.20. The maximum absolute atomic E-state index is 11.9. The third-order valence-electron chi connectivity index (χ3n) is 3.29. The molecule has 9 heteroatoms. The van der Waals surface area contributed by atoms with E-state index in [-0.39, 0.29) is 11.7 Å². The van der Waals surface area contributed by atoms with E-state index < -0.39 is 0 Å². The highest BCUT2D eigenvalue weighted by molar-refractivity contribution is 7.99. The number of nitrogens with zero attached hydrogens (tertiary/aromatic N) is 4. The van der Waals surface area contributed by atoms with Crippen LogP contribution in [0.15, 0.2) is 28.2 Å². The fourth-order valence-electron chi connectivity index (χ4n) is 2.04. The van der Waals surface area contributed by atoms with Gasteiger partial charge in [0.25, 0.3) is 0 Å². The Morgan fingerprint density at radius 1 is 1.38 bits per heavy atom. The molecule has 3 aromatic rings. The highest BCUT2D eigenvalue weighted by Gasteiger charge is 2.15. The van der Waals surface area contributed by atoms with Gasteiger partial charge in [-0.1, -0.05) is 25.6 Å². The zero-order chi connectivity index (χ0) is 17.1. The monoisotopic (exact) mass is 379 g/mol. The van der Waals surface area contributed by atoms with Gasteiger partial charge in [-0.15, -0.1) is 32.9 Å². The van der Waals surface area contributed by atoms with E-state index in [2.05, 4.69) is 45.8 Å². The van der Waals surface area contributed by atoms with E-state index in [9.17, 15) is 4.79 Å². The summed E-state index contributed by atoms with van der Waals surface area (Å²) in [6, 6.07) is 2.16. The minimum Gasteiger partial charge on any atom is -0.305 e. The number of thiazole rings is 1. The molecule has 0 bridgehead atoms. The molecule has 3 heterocycles. The molecule has 0 atom stereocenters. The number of nitrogens with one attached hydrogen (secondary N) is 1. The first-order valence-corrected chi connectivity index (χ1v) is 10.1. The molecule has 0 saturated heterocycles. The molecule has 6 nitrogen and oxygen atoms in total. The number of carbonyl (C=O) groups excluding carboxylic acids is 1. The Bertz CT molecular complexity index is 822. The highest BCUT2D eigenvalue weighted by Crippen LogP contribution is 2.30. The third kappa shape index (κ3) is 3.85. The molecule has 0 unspecified atom stereocenters. The van der Waals surface area contributed by atoms with Crippen LogP contribution in [0.4, 0.5) is 5.13 Å². The summed E-state index contributed by atoms with van der Waals surface area (Å²) in [4.78, 5) is 17.3. The zero-order valence-electron chi connectivity index (χ0n) is 13.5. The predicted octanol–water partition coefficient (Wildman–Crippen LogP) is 3.85. The van der Waals surface area contributed by atoms with Crippen LogP contribution < -0.4 is 5.32 Å². The molecule has 0 aliphatic carbocycles. The molecular weight excluding hydrogens is 362 g/mol. The second-order valence-electron chi connectivity index (χ2n) is 5.43. The van der Waals surface area contributed by atoms with Crippen molar-refractivity contribution in [2.24, 2.45) is 7.05 Å².